The van der Waals surface area contributed by atoms with Crippen LogP contribution in [0, 0.1) is 6.92 Å². The van der Waals surface area contributed by atoms with Crippen molar-refractivity contribution in [3.05, 3.63) is 42.1 Å². The lowest BCUT2D eigenvalue weighted by Crippen LogP contribution is -2.07. The number of benzene rings is 1. The molecule has 0 amide bonds. The van der Waals surface area contributed by atoms with Gasteiger partial charge in [-0.2, -0.15) is 9.78 Å². The molecule has 2 heterocycles. The zero-order valence-corrected chi connectivity index (χ0v) is 10.9. The first-order chi connectivity index (χ1) is 9.70. The maximum atomic E-state index is 11.4. The number of rotatable bonds is 2. The van der Waals surface area contributed by atoms with Gasteiger partial charge in [0.25, 0.3) is 5.82 Å². The standard InChI is InChI=1S/C13H11N5O2/c1-8-9-5-3-4-6-10(9)12(16-15-8)18-7-14-11(17-18)13(19)20-2/h3-7H,1-2H3. The summed E-state index contributed by atoms with van der Waals surface area (Å²) >= 11 is 0. The van der Waals surface area contributed by atoms with Gasteiger partial charge in [-0.25, -0.2) is 9.78 Å². The predicted molar refractivity (Wildman–Crippen MR) is 70.5 cm³/mol. The summed E-state index contributed by atoms with van der Waals surface area (Å²) in [5.74, 6) is -0.0825. The first kappa shape index (κ1) is 12.2. The molecular weight excluding hydrogens is 258 g/mol. The van der Waals surface area contributed by atoms with E-state index >= 15 is 0 Å². The summed E-state index contributed by atoms with van der Waals surface area (Å²) in [7, 11) is 1.28. The molecule has 3 aromatic rings. The number of aromatic nitrogens is 5. The molecular formula is C13H11N5O2. The maximum Gasteiger partial charge on any atom is 0.377 e. The molecule has 0 saturated carbocycles. The zero-order chi connectivity index (χ0) is 14.1. The molecule has 0 fully saturated rings. The molecule has 0 aliphatic heterocycles. The van der Waals surface area contributed by atoms with E-state index in [1.807, 2.05) is 31.2 Å². The molecule has 7 nitrogen and oxygen atoms in total. The van der Waals surface area contributed by atoms with Crippen LogP contribution in [0.3, 0.4) is 0 Å². The largest absolute Gasteiger partial charge is 0.463 e. The quantitative estimate of drug-likeness (QED) is 0.652. The van der Waals surface area contributed by atoms with E-state index in [1.54, 1.807) is 0 Å². The summed E-state index contributed by atoms with van der Waals surface area (Å²) in [4.78, 5) is 15.3. The lowest BCUT2D eigenvalue weighted by molar-refractivity contribution is 0.0587. The molecule has 0 aliphatic rings. The third-order valence-electron chi connectivity index (χ3n) is 2.93. The summed E-state index contributed by atoms with van der Waals surface area (Å²) in [6.45, 7) is 1.89. The van der Waals surface area contributed by atoms with Gasteiger partial charge in [0.15, 0.2) is 5.82 Å². The van der Waals surface area contributed by atoms with Crippen LogP contribution in [0.25, 0.3) is 16.6 Å². The second-order valence-electron chi connectivity index (χ2n) is 4.16. The lowest BCUT2D eigenvalue weighted by atomic mass is 10.1. The Morgan fingerprint density at radius 2 is 1.95 bits per heavy atom. The molecule has 0 spiro atoms. The number of esters is 1. The highest BCUT2D eigenvalue weighted by Crippen LogP contribution is 2.20. The lowest BCUT2D eigenvalue weighted by Gasteiger charge is -2.05. The smallest absolute Gasteiger partial charge is 0.377 e. The SMILES string of the molecule is COC(=O)c1ncn(-c2nnc(C)c3ccccc23)n1. The van der Waals surface area contributed by atoms with Gasteiger partial charge < -0.3 is 4.74 Å². The van der Waals surface area contributed by atoms with Crippen molar-refractivity contribution in [2.24, 2.45) is 0 Å². The van der Waals surface area contributed by atoms with Gasteiger partial charge >= 0.3 is 5.97 Å². The predicted octanol–water partition coefficient (Wildman–Crippen LogP) is 1.31. The molecule has 2 aromatic heterocycles. The molecule has 0 bridgehead atoms. The van der Waals surface area contributed by atoms with Gasteiger partial charge in [-0.05, 0) is 6.92 Å². The molecule has 7 heteroatoms. The average molecular weight is 269 g/mol. The van der Waals surface area contributed by atoms with Crippen molar-refractivity contribution in [3.8, 4) is 5.82 Å². The highest BCUT2D eigenvalue weighted by atomic mass is 16.5. The van der Waals surface area contributed by atoms with Crippen molar-refractivity contribution in [1.29, 1.82) is 0 Å². The van der Waals surface area contributed by atoms with E-state index in [2.05, 4.69) is 25.0 Å². The second-order valence-corrected chi connectivity index (χ2v) is 4.16. The van der Waals surface area contributed by atoms with Gasteiger partial charge in [0.1, 0.15) is 6.33 Å². The van der Waals surface area contributed by atoms with E-state index in [-0.39, 0.29) is 5.82 Å². The van der Waals surface area contributed by atoms with Gasteiger partial charge in [0, 0.05) is 10.8 Å². The van der Waals surface area contributed by atoms with E-state index in [9.17, 15) is 4.79 Å². The number of fused-ring (bicyclic) bond motifs is 1. The first-order valence-electron chi connectivity index (χ1n) is 5.93. The Kier molecular flexibility index (Phi) is 2.86. The van der Waals surface area contributed by atoms with Gasteiger partial charge in [-0.1, -0.05) is 24.3 Å². The average Bonchev–Trinajstić information content (AvgIpc) is 2.97. The Labute approximate surface area is 114 Å². The van der Waals surface area contributed by atoms with Gasteiger partial charge in [0.05, 0.1) is 12.8 Å². The number of carbonyl (C=O) groups is 1. The zero-order valence-electron chi connectivity index (χ0n) is 10.9. The van der Waals surface area contributed by atoms with Crippen molar-refractivity contribution >= 4 is 16.7 Å². The van der Waals surface area contributed by atoms with Crippen molar-refractivity contribution < 1.29 is 9.53 Å². The van der Waals surface area contributed by atoms with Crippen molar-refractivity contribution in [2.75, 3.05) is 7.11 Å². The molecule has 0 aliphatic carbocycles. The van der Waals surface area contributed by atoms with E-state index in [4.69, 9.17) is 0 Å². The summed E-state index contributed by atoms with van der Waals surface area (Å²) < 4.78 is 6.00. The molecule has 0 N–H and O–H groups in total. The van der Waals surface area contributed by atoms with Crippen LogP contribution in [0.5, 0.6) is 0 Å². The van der Waals surface area contributed by atoms with Crippen LogP contribution in [0.2, 0.25) is 0 Å². The Morgan fingerprint density at radius 3 is 2.70 bits per heavy atom. The van der Waals surface area contributed by atoms with Crippen LogP contribution < -0.4 is 0 Å². The monoisotopic (exact) mass is 269 g/mol. The normalized spacial score (nSPS) is 10.7. The molecule has 0 radical (unpaired) electrons. The summed E-state index contributed by atoms with van der Waals surface area (Å²) in [5, 5.41) is 14.2. The number of aryl methyl sites for hydroxylation is 1. The summed E-state index contributed by atoms with van der Waals surface area (Å²) in [6.07, 6.45) is 1.41. The van der Waals surface area contributed by atoms with Gasteiger partial charge in [-0.3, -0.25) is 0 Å². The third kappa shape index (κ3) is 1.89. The van der Waals surface area contributed by atoms with Crippen LogP contribution in [0.1, 0.15) is 16.3 Å². The molecule has 3 rings (SSSR count). The molecule has 0 atom stereocenters. The van der Waals surface area contributed by atoms with Crippen LogP contribution in [0.4, 0.5) is 0 Å². The number of carbonyl (C=O) groups excluding carboxylic acids is 1. The minimum atomic E-state index is -0.590. The Balaban J connectivity index is 2.17. The minimum Gasteiger partial charge on any atom is -0.463 e. The number of hydrogen-bond donors (Lipinski definition) is 0. The van der Waals surface area contributed by atoms with Gasteiger partial charge in [0.2, 0.25) is 0 Å². The Bertz CT molecular complexity index is 796. The molecule has 0 saturated heterocycles. The fourth-order valence-corrected chi connectivity index (χ4v) is 1.94. The van der Waals surface area contributed by atoms with E-state index < -0.39 is 5.97 Å². The van der Waals surface area contributed by atoms with E-state index in [0.29, 0.717) is 5.82 Å². The second kappa shape index (κ2) is 4.69. The summed E-state index contributed by atoms with van der Waals surface area (Å²) in [6, 6.07) is 7.72. The van der Waals surface area contributed by atoms with Crippen LogP contribution in [0.15, 0.2) is 30.6 Å². The van der Waals surface area contributed by atoms with Crippen LogP contribution in [-0.2, 0) is 4.74 Å². The van der Waals surface area contributed by atoms with E-state index in [0.717, 1.165) is 16.5 Å². The van der Waals surface area contributed by atoms with Gasteiger partial charge in [-0.15, -0.1) is 10.2 Å². The third-order valence-corrected chi connectivity index (χ3v) is 2.93. The molecule has 20 heavy (non-hydrogen) atoms. The highest BCUT2D eigenvalue weighted by molar-refractivity contribution is 5.90. The Hall–Kier alpha value is -2.83. The summed E-state index contributed by atoms with van der Waals surface area (Å²) in [5.41, 5.74) is 0.831. The fourth-order valence-electron chi connectivity index (χ4n) is 1.94. The van der Waals surface area contributed by atoms with Crippen molar-refractivity contribution in [3.63, 3.8) is 0 Å². The van der Waals surface area contributed by atoms with Crippen LogP contribution in [-0.4, -0.2) is 38.0 Å². The molecule has 1 aromatic carbocycles. The Morgan fingerprint density at radius 1 is 1.20 bits per heavy atom. The van der Waals surface area contributed by atoms with Crippen LogP contribution >= 0.6 is 0 Å². The fraction of sp³-hybridized carbons (Fsp3) is 0.154. The highest BCUT2D eigenvalue weighted by Gasteiger charge is 2.14. The number of hydrogen-bond acceptors (Lipinski definition) is 6. The number of nitrogens with zero attached hydrogens (tertiary/aromatic N) is 5. The topological polar surface area (TPSA) is 82.8 Å². The number of methoxy groups -OCH3 is 1. The molecule has 0 unspecified atom stereocenters. The van der Waals surface area contributed by atoms with Crippen molar-refractivity contribution in [2.45, 2.75) is 6.92 Å². The minimum absolute atomic E-state index is 0.0149. The number of ether oxygens (including phenoxy) is 1. The van der Waals surface area contributed by atoms with E-state index in [1.165, 1.54) is 18.1 Å². The maximum absolute atomic E-state index is 11.4. The first-order valence-corrected chi connectivity index (χ1v) is 5.93. The van der Waals surface area contributed by atoms with Crippen molar-refractivity contribution in [1.82, 2.24) is 25.0 Å². The molecule has 100 valence electrons.